The quantitative estimate of drug-likeness (QED) is 0.614. The molecule has 0 amide bonds. The monoisotopic (exact) mass is 340 g/mol. The van der Waals surface area contributed by atoms with Gasteiger partial charge >= 0.3 is 0 Å². The van der Waals surface area contributed by atoms with Gasteiger partial charge in [-0.05, 0) is 49.6 Å². The molecular formula is C16H20O4S2-2. The highest BCUT2D eigenvalue weighted by molar-refractivity contribution is 8.01. The Labute approximate surface area is 140 Å². The summed E-state index contributed by atoms with van der Waals surface area (Å²) in [6, 6.07) is 8.45. The SMILES string of the molecule is C=C(C)C(=O)[O-].C=C(C)C(=O)[O-].CSc1ccccc1SC. The van der Waals surface area contributed by atoms with Crippen LogP contribution in [0.25, 0.3) is 0 Å². The van der Waals surface area contributed by atoms with Crippen LogP contribution in [-0.4, -0.2) is 24.5 Å². The molecule has 0 fully saturated rings. The van der Waals surface area contributed by atoms with E-state index in [0.717, 1.165) is 0 Å². The molecule has 0 aliphatic heterocycles. The van der Waals surface area contributed by atoms with E-state index >= 15 is 0 Å². The average molecular weight is 340 g/mol. The molecule has 6 heteroatoms. The van der Waals surface area contributed by atoms with Crippen molar-refractivity contribution in [2.24, 2.45) is 0 Å². The van der Waals surface area contributed by atoms with Crippen molar-refractivity contribution >= 4 is 35.5 Å². The molecule has 0 aromatic heterocycles. The van der Waals surface area contributed by atoms with Gasteiger partial charge in [-0.25, -0.2) is 0 Å². The molecule has 0 atom stereocenters. The minimum Gasteiger partial charge on any atom is -0.545 e. The molecule has 4 nitrogen and oxygen atoms in total. The zero-order valence-corrected chi connectivity index (χ0v) is 14.8. The van der Waals surface area contributed by atoms with Crippen molar-refractivity contribution in [2.45, 2.75) is 23.6 Å². The number of carboxylic acid groups (broad SMARTS) is 2. The maximum Gasteiger partial charge on any atom is 0.0666 e. The summed E-state index contributed by atoms with van der Waals surface area (Å²) in [6.45, 7) is 8.95. The predicted molar refractivity (Wildman–Crippen MR) is 89.6 cm³/mol. The Hall–Kier alpha value is -1.66. The molecular weight excluding hydrogens is 320 g/mol. The van der Waals surface area contributed by atoms with Crippen LogP contribution in [0.5, 0.6) is 0 Å². The summed E-state index contributed by atoms with van der Waals surface area (Å²) in [5.41, 5.74) is 0.130. The largest absolute Gasteiger partial charge is 0.545 e. The third-order valence-electron chi connectivity index (χ3n) is 1.99. The lowest BCUT2D eigenvalue weighted by molar-refractivity contribution is -0.300. The third kappa shape index (κ3) is 12.1. The summed E-state index contributed by atoms with van der Waals surface area (Å²) in [5, 5.41) is 19.0. The van der Waals surface area contributed by atoms with E-state index in [9.17, 15) is 19.8 Å². The second-order valence-electron chi connectivity index (χ2n) is 3.99. The Kier molecular flexibility index (Phi) is 13.4. The van der Waals surface area contributed by atoms with E-state index in [0.29, 0.717) is 0 Å². The lowest BCUT2D eigenvalue weighted by Crippen LogP contribution is -2.22. The zero-order chi connectivity index (χ0) is 17.7. The molecule has 0 spiro atoms. The number of carbonyl (C=O) groups excluding carboxylic acids is 2. The van der Waals surface area contributed by atoms with Gasteiger partial charge in [0.2, 0.25) is 0 Å². The first kappa shape index (κ1) is 22.6. The normalized spacial score (nSPS) is 8.55. The summed E-state index contributed by atoms with van der Waals surface area (Å²) in [5.74, 6) is -2.37. The number of thioether (sulfide) groups is 2. The summed E-state index contributed by atoms with van der Waals surface area (Å²) in [6.07, 6.45) is 4.21. The predicted octanol–water partition coefficient (Wildman–Crippen LogP) is 1.76. The van der Waals surface area contributed by atoms with Crippen molar-refractivity contribution in [3.05, 3.63) is 48.6 Å². The van der Waals surface area contributed by atoms with Crippen molar-refractivity contribution in [3.8, 4) is 0 Å². The molecule has 0 radical (unpaired) electrons. The van der Waals surface area contributed by atoms with Gasteiger partial charge < -0.3 is 19.8 Å². The van der Waals surface area contributed by atoms with Crippen LogP contribution >= 0.6 is 23.5 Å². The molecule has 122 valence electrons. The van der Waals surface area contributed by atoms with Crippen LogP contribution in [-0.2, 0) is 9.59 Å². The maximum atomic E-state index is 9.49. The highest BCUT2D eigenvalue weighted by atomic mass is 32.2. The minimum absolute atomic E-state index is 0.0648. The van der Waals surface area contributed by atoms with E-state index in [1.54, 1.807) is 23.5 Å². The standard InChI is InChI=1S/C8H10S2.2C4H6O2/c1-9-7-5-3-4-6-8(7)10-2;2*1-3(2)4(5)6/h3-6H,1-2H3;2*1H2,2H3,(H,5,6)/p-2. The summed E-state index contributed by atoms with van der Waals surface area (Å²) < 4.78 is 0. The van der Waals surface area contributed by atoms with Crippen LogP contribution in [0, 0.1) is 0 Å². The van der Waals surface area contributed by atoms with E-state index in [-0.39, 0.29) is 11.1 Å². The minimum atomic E-state index is -1.19. The van der Waals surface area contributed by atoms with E-state index in [1.165, 1.54) is 23.6 Å². The zero-order valence-electron chi connectivity index (χ0n) is 13.2. The van der Waals surface area contributed by atoms with Gasteiger partial charge in [0, 0.05) is 9.79 Å². The molecule has 0 bridgehead atoms. The van der Waals surface area contributed by atoms with Crippen LogP contribution < -0.4 is 10.2 Å². The highest BCUT2D eigenvalue weighted by Gasteiger charge is 1.95. The van der Waals surface area contributed by atoms with Crippen molar-refractivity contribution < 1.29 is 19.8 Å². The van der Waals surface area contributed by atoms with Crippen LogP contribution in [0.15, 0.2) is 58.4 Å². The van der Waals surface area contributed by atoms with Gasteiger partial charge in [-0.1, -0.05) is 25.3 Å². The smallest absolute Gasteiger partial charge is 0.0666 e. The number of hydrogen-bond acceptors (Lipinski definition) is 6. The molecule has 0 aliphatic carbocycles. The van der Waals surface area contributed by atoms with Gasteiger partial charge in [-0.3, -0.25) is 0 Å². The van der Waals surface area contributed by atoms with Gasteiger partial charge in [0.05, 0.1) is 11.9 Å². The first-order valence-electron chi connectivity index (χ1n) is 6.08. The fourth-order valence-electron chi connectivity index (χ4n) is 0.787. The summed E-state index contributed by atoms with van der Waals surface area (Å²) in [4.78, 5) is 21.7. The van der Waals surface area contributed by atoms with E-state index in [4.69, 9.17) is 0 Å². The number of aliphatic carboxylic acids is 2. The summed E-state index contributed by atoms with van der Waals surface area (Å²) >= 11 is 3.60. The molecule has 0 aliphatic rings. The van der Waals surface area contributed by atoms with Gasteiger partial charge in [0.1, 0.15) is 0 Å². The van der Waals surface area contributed by atoms with Crippen LogP contribution in [0.2, 0.25) is 0 Å². The molecule has 0 heterocycles. The number of hydrogen-bond donors (Lipinski definition) is 0. The Morgan fingerprint density at radius 3 is 1.23 bits per heavy atom. The Bertz CT molecular complexity index is 454. The molecule has 1 aromatic rings. The molecule has 1 rings (SSSR count). The maximum absolute atomic E-state index is 9.49. The van der Waals surface area contributed by atoms with E-state index in [1.807, 2.05) is 0 Å². The fourth-order valence-corrected chi connectivity index (χ4v) is 2.26. The van der Waals surface area contributed by atoms with Crippen LogP contribution in [0.1, 0.15) is 13.8 Å². The van der Waals surface area contributed by atoms with Gasteiger partial charge in [-0.15, -0.1) is 23.5 Å². The van der Waals surface area contributed by atoms with Gasteiger partial charge in [-0.2, -0.15) is 0 Å². The summed E-state index contributed by atoms with van der Waals surface area (Å²) in [7, 11) is 0. The second kappa shape index (κ2) is 13.0. The number of carboxylic acids is 2. The molecule has 0 saturated heterocycles. The van der Waals surface area contributed by atoms with Crippen LogP contribution in [0.3, 0.4) is 0 Å². The Morgan fingerprint density at radius 1 is 0.864 bits per heavy atom. The molecule has 22 heavy (non-hydrogen) atoms. The van der Waals surface area contributed by atoms with Gasteiger partial charge in [0.25, 0.3) is 0 Å². The topological polar surface area (TPSA) is 80.3 Å². The van der Waals surface area contributed by atoms with Crippen molar-refractivity contribution in [1.82, 2.24) is 0 Å². The molecule has 0 N–H and O–H groups in total. The number of carbonyl (C=O) groups is 2. The Balaban J connectivity index is 0. The van der Waals surface area contributed by atoms with Crippen molar-refractivity contribution in [2.75, 3.05) is 12.5 Å². The highest BCUT2D eigenvalue weighted by Crippen LogP contribution is 2.26. The van der Waals surface area contributed by atoms with E-state index < -0.39 is 11.9 Å². The van der Waals surface area contributed by atoms with Crippen molar-refractivity contribution in [3.63, 3.8) is 0 Å². The third-order valence-corrected chi connectivity index (χ3v) is 3.71. The molecule has 0 unspecified atom stereocenters. The first-order valence-corrected chi connectivity index (χ1v) is 8.53. The molecule has 1 aromatic carbocycles. The van der Waals surface area contributed by atoms with Crippen LogP contribution in [0.4, 0.5) is 0 Å². The lowest BCUT2D eigenvalue weighted by Gasteiger charge is -2.01. The molecule has 0 saturated carbocycles. The fraction of sp³-hybridized carbons (Fsp3) is 0.250. The van der Waals surface area contributed by atoms with Crippen molar-refractivity contribution in [1.29, 1.82) is 0 Å². The lowest BCUT2D eigenvalue weighted by atomic mass is 10.4. The number of benzene rings is 1. The first-order chi connectivity index (χ1) is 10.2. The van der Waals surface area contributed by atoms with E-state index in [2.05, 4.69) is 49.9 Å². The second-order valence-corrected chi connectivity index (χ2v) is 5.69. The van der Waals surface area contributed by atoms with Gasteiger partial charge in [0.15, 0.2) is 0 Å². The average Bonchev–Trinajstić information content (AvgIpc) is 2.48. The Morgan fingerprint density at radius 2 is 1.09 bits per heavy atom. The number of rotatable bonds is 4.